The molecule has 2 saturated carbocycles. The van der Waals surface area contributed by atoms with Crippen LogP contribution in [-0.4, -0.2) is 40.8 Å². The predicted octanol–water partition coefficient (Wildman–Crippen LogP) is 4.70. The molecule has 1 aromatic rings. The third-order valence-corrected chi connectivity index (χ3v) is 8.27. The summed E-state index contributed by atoms with van der Waals surface area (Å²) in [6.45, 7) is 4.29. The normalized spacial score (nSPS) is 29.8. The van der Waals surface area contributed by atoms with E-state index < -0.39 is 12.0 Å². The van der Waals surface area contributed by atoms with Gasteiger partial charge in [0.05, 0.1) is 0 Å². The number of nitrogens with one attached hydrogen (secondary N) is 2. The minimum Gasteiger partial charge on any atom is -0.329 e. The van der Waals surface area contributed by atoms with Crippen LogP contribution >= 0.6 is 0 Å². The zero-order valence-electron chi connectivity index (χ0n) is 19.8. The molecule has 2 aliphatic carbocycles. The number of rotatable bonds is 5. The average molecular weight is 472 g/mol. The van der Waals surface area contributed by atoms with Gasteiger partial charge < -0.3 is 15.5 Å². The van der Waals surface area contributed by atoms with Crippen LogP contribution in [0.4, 0.5) is 8.78 Å². The summed E-state index contributed by atoms with van der Waals surface area (Å²) in [4.78, 5) is 27.1. The minimum atomic E-state index is -2.49. The molecule has 3 fully saturated rings. The molecule has 0 bridgehead atoms. The van der Waals surface area contributed by atoms with Gasteiger partial charge in [0.25, 0.3) is 5.91 Å². The van der Waals surface area contributed by atoms with Gasteiger partial charge in [-0.15, -0.1) is 0 Å². The number of carbonyl (C=O) groups is 2. The van der Waals surface area contributed by atoms with Crippen LogP contribution in [-0.2, 0) is 17.8 Å². The van der Waals surface area contributed by atoms with Gasteiger partial charge in [-0.1, -0.05) is 31.6 Å². The van der Waals surface area contributed by atoms with Gasteiger partial charge in [0.15, 0.2) is 0 Å². The number of amides is 2. The minimum absolute atomic E-state index is 0.00939. The first kappa shape index (κ1) is 23.5. The van der Waals surface area contributed by atoms with E-state index in [1.807, 2.05) is 6.07 Å². The second kappa shape index (κ2) is 9.40. The highest BCUT2D eigenvalue weighted by atomic mass is 19.3. The highest BCUT2D eigenvalue weighted by Crippen LogP contribution is 2.36. The first-order chi connectivity index (χ1) is 16.3. The van der Waals surface area contributed by atoms with E-state index in [2.05, 4.69) is 29.3 Å². The Balaban J connectivity index is 1.24. The average Bonchev–Trinajstić information content (AvgIpc) is 3.12. The molecule has 0 radical (unpaired) electrons. The second-order valence-electron chi connectivity index (χ2n) is 10.7. The highest BCUT2D eigenvalue weighted by molar-refractivity contribution is 6.01. The largest absolute Gasteiger partial charge is 0.329 e. The molecule has 5 nitrogen and oxygen atoms in total. The van der Waals surface area contributed by atoms with E-state index in [0.29, 0.717) is 55.4 Å². The van der Waals surface area contributed by atoms with Crippen LogP contribution in [0, 0.1) is 5.92 Å². The molecule has 1 unspecified atom stereocenters. The van der Waals surface area contributed by atoms with E-state index in [4.69, 9.17) is 0 Å². The first-order valence-electron chi connectivity index (χ1n) is 12.8. The van der Waals surface area contributed by atoms with Crippen molar-refractivity contribution < 1.29 is 18.4 Å². The van der Waals surface area contributed by atoms with Crippen LogP contribution < -0.4 is 10.6 Å². The quantitative estimate of drug-likeness (QED) is 0.654. The van der Waals surface area contributed by atoms with Gasteiger partial charge in [-0.25, -0.2) is 8.78 Å². The fourth-order valence-corrected chi connectivity index (χ4v) is 6.32. The molecular weight excluding hydrogens is 436 g/mol. The standard InChI is InChI=1S/C27H35F2N3O2/c1-17-6-9-24(25(33)30-17)32-16-20-15-18(7-8-22(20)26(32)34)14-19-4-2-3-5-23(19)31-21-10-12-27(28,29)13-11-21/h7-8,15,19,21,23-24,31H,1-6,9-14,16H2,(H,30,33)/t19-,23+,24?/m1/s1. The van der Waals surface area contributed by atoms with E-state index in [1.54, 1.807) is 4.90 Å². The summed E-state index contributed by atoms with van der Waals surface area (Å²) in [5.74, 6) is -2.24. The van der Waals surface area contributed by atoms with Gasteiger partial charge in [0, 0.05) is 42.7 Å². The summed E-state index contributed by atoms with van der Waals surface area (Å²) >= 11 is 0. The summed E-state index contributed by atoms with van der Waals surface area (Å²) in [6, 6.07) is 6.21. The van der Waals surface area contributed by atoms with Crippen molar-refractivity contribution in [1.82, 2.24) is 15.5 Å². The van der Waals surface area contributed by atoms with Crippen molar-refractivity contribution in [3.63, 3.8) is 0 Å². The molecule has 0 spiro atoms. The molecule has 4 aliphatic rings. The Morgan fingerprint density at radius 3 is 2.62 bits per heavy atom. The lowest BCUT2D eigenvalue weighted by Crippen LogP contribution is -2.49. The number of fused-ring (bicyclic) bond motifs is 1. The van der Waals surface area contributed by atoms with Crippen LogP contribution in [0.5, 0.6) is 0 Å². The smallest absolute Gasteiger partial charge is 0.255 e. The van der Waals surface area contributed by atoms with Gasteiger partial charge >= 0.3 is 0 Å². The molecule has 0 aromatic heterocycles. The van der Waals surface area contributed by atoms with Crippen LogP contribution in [0.3, 0.4) is 0 Å². The number of benzene rings is 1. The Labute approximate surface area is 200 Å². The summed E-state index contributed by atoms with van der Waals surface area (Å²) in [6.07, 6.45) is 7.92. The van der Waals surface area contributed by atoms with Gasteiger partial charge in [-0.2, -0.15) is 0 Å². The van der Waals surface area contributed by atoms with Gasteiger partial charge in [-0.3, -0.25) is 9.59 Å². The van der Waals surface area contributed by atoms with Gasteiger partial charge in [0.2, 0.25) is 11.8 Å². The maximum absolute atomic E-state index is 13.6. The highest BCUT2D eigenvalue weighted by Gasteiger charge is 2.39. The van der Waals surface area contributed by atoms with Crippen molar-refractivity contribution in [2.24, 2.45) is 5.92 Å². The molecule has 5 rings (SSSR count). The maximum Gasteiger partial charge on any atom is 0.255 e. The molecule has 2 heterocycles. The number of allylic oxidation sites excluding steroid dienone is 1. The topological polar surface area (TPSA) is 61.4 Å². The van der Waals surface area contributed by atoms with Crippen LogP contribution in [0.1, 0.15) is 85.7 Å². The predicted molar refractivity (Wildman–Crippen MR) is 126 cm³/mol. The van der Waals surface area contributed by atoms with Crippen molar-refractivity contribution in [1.29, 1.82) is 0 Å². The Hall–Kier alpha value is -2.28. The molecule has 1 saturated heterocycles. The summed E-state index contributed by atoms with van der Waals surface area (Å²) < 4.78 is 27.1. The van der Waals surface area contributed by atoms with E-state index in [-0.39, 0.29) is 30.7 Å². The van der Waals surface area contributed by atoms with Crippen LogP contribution in [0.2, 0.25) is 0 Å². The molecule has 2 N–H and O–H groups in total. The lowest BCUT2D eigenvalue weighted by Gasteiger charge is -2.38. The third-order valence-electron chi connectivity index (χ3n) is 8.27. The molecule has 7 heteroatoms. The number of hydrogen-bond acceptors (Lipinski definition) is 3. The van der Waals surface area contributed by atoms with E-state index in [0.717, 1.165) is 24.8 Å². The molecule has 2 aliphatic heterocycles. The van der Waals surface area contributed by atoms with Crippen molar-refractivity contribution in [2.75, 3.05) is 0 Å². The zero-order valence-corrected chi connectivity index (χ0v) is 19.8. The molecular formula is C27H35F2N3O2. The summed E-state index contributed by atoms with van der Waals surface area (Å²) in [7, 11) is 0. The van der Waals surface area contributed by atoms with E-state index in [9.17, 15) is 18.4 Å². The van der Waals surface area contributed by atoms with Crippen molar-refractivity contribution in [2.45, 2.75) is 101 Å². The number of halogens is 2. The number of nitrogens with zero attached hydrogens (tertiary/aromatic N) is 1. The summed E-state index contributed by atoms with van der Waals surface area (Å²) in [5, 5.41) is 6.52. The Morgan fingerprint density at radius 2 is 1.85 bits per heavy atom. The van der Waals surface area contributed by atoms with Crippen LogP contribution in [0.25, 0.3) is 0 Å². The second-order valence-corrected chi connectivity index (χ2v) is 10.7. The number of hydrogen-bond donors (Lipinski definition) is 2. The molecule has 2 amide bonds. The van der Waals surface area contributed by atoms with Gasteiger partial charge in [-0.05, 0) is 68.1 Å². The Bertz CT molecular complexity index is 969. The van der Waals surface area contributed by atoms with E-state index >= 15 is 0 Å². The van der Waals surface area contributed by atoms with E-state index in [1.165, 1.54) is 18.4 Å². The fourth-order valence-electron chi connectivity index (χ4n) is 6.32. The number of carbonyl (C=O) groups excluding carboxylic acids is 2. The fraction of sp³-hybridized carbons (Fsp3) is 0.630. The monoisotopic (exact) mass is 471 g/mol. The van der Waals surface area contributed by atoms with Crippen molar-refractivity contribution in [3.05, 3.63) is 47.2 Å². The molecule has 3 atom stereocenters. The third kappa shape index (κ3) is 4.90. The molecule has 34 heavy (non-hydrogen) atoms. The van der Waals surface area contributed by atoms with Crippen molar-refractivity contribution in [3.8, 4) is 0 Å². The molecule has 1 aromatic carbocycles. The SMILES string of the molecule is C=C1CCC(N2Cc3cc(C[C@H]4CCCC[C@@H]4NC4CCC(F)(F)CC4)ccc3C2=O)C(=O)N1. The number of alkyl halides is 2. The first-order valence-corrected chi connectivity index (χ1v) is 12.8. The lowest BCUT2D eigenvalue weighted by atomic mass is 9.79. The lowest BCUT2D eigenvalue weighted by molar-refractivity contribution is -0.126. The molecule has 184 valence electrons. The maximum atomic E-state index is 13.6. The summed E-state index contributed by atoms with van der Waals surface area (Å²) in [5.41, 5.74) is 3.62. The van der Waals surface area contributed by atoms with Crippen LogP contribution in [0.15, 0.2) is 30.5 Å². The Kier molecular flexibility index (Phi) is 6.49. The van der Waals surface area contributed by atoms with Crippen molar-refractivity contribution >= 4 is 11.8 Å². The number of piperidine rings is 1. The Morgan fingerprint density at radius 1 is 1.09 bits per heavy atom. The zero-order chi connectivity index (χ0) is 23.9. The van der Waals surface area contributed by atoms with Gasteiger partial charge in [0.1, 0.15) is 6.04 Å².